The molecule has 1 N–H and O–H groups in total. The summed E-state index contributed by atoms with van der Waals surface area (Å²) < 4.78 is 20.6. The van der Waals surface area contributed by atoms with Crippen molar-refractivity contribution < 1.29 is 18.7 Å². The van der Waals surface area contributed by atoms with Crippen LogP contribution >= 0.6 is 23.1 Å². The van der Waals surface area contributed by atoms with Gasteiger partial charge in [-0.1, -0.05) is 23.1 Å². The van der Waals surface area contributed by atoms with E-state index in [9.17, 15) is 14.0 Å². The molecule has 3 aromatic rings. The number of nitrogens with zero attached hydrogens (tertiary/aromatic N) is 4. The summed E-state index contributed by atoms with van der Waals surface area (Å²) in [4.78, 5) is 23.7. The standard InChI is InChI=1S/C17H16FN5O3S2/c1-3-26-13-8-23(12-6-4-11(18)5-7-12)22-14(13)15(25)19-16-20-21-17(28-16)27-9-10(2)24/h4-8H,3,9H2,1-2H3,(H,19,20,25). The lowest BCUT2D eigenvalue weighted by Crippen LogP contribution is -2.14. The third-order valence-electron chi connectivity index (χ3n) is 3.31. The Kier molecular flexibility index (Phi) is 6.37. The number of ketones is 1. The van der Waals surface area contributed by atoms with Crippen molar-refractivity contribution >= 4 is 39.9 Å². The molecule has 0 aliphatic rings. The monoisotopic (exact) mass is 421 g/mol. The van der Waals surface area contributed by atoms with Crippen LogP contribution in [-0.2, 0) is 4.79 Å². The molecular formula is C17H16FN5O3S2. The van der Waals surface area contributed by atoms with Crippen LogP contribution in [0.15, 0.2) is 34.8 Å². The molecular weight excluding hydrogens is 405 g/mol. The van der Waals surface area contributed by atoms with E-state index in [2.05, 4.69) is 20.6 Å². The fraction of sp³-hybridized carbons (Fsp3) is 0.235. The molecule has 8 nitrogen and oxygen atoms in total. The van der Waals surface area contributed by atoms with E-state index >= 15 is 0 Å². The normalized spacial score (nSPS) is 10.7. The molecule has 146 valence electrons. The van der Waals surface area contributed by atoms with E-state index in [0.29, 0.717) is 28.1 Å². The van der Waals surface area contributed by atoms with Crippen LogP contribution in [0.25, 0.3) is 5.69 Å². The second-order valence-corrected chi connectivity index (χ2v) is 7.71. The van der Waals surface area contributed by atoms with Crippen LogP contribution in [0.5, 0.6) is 5.75 Å². The van der Waals surface area contributed by atoms with Crippen molar-refractivity contribution in [2.45, 2.75) is 18.2 Å². The summed E-state index contributed by atoms with van der Waals surface area (Å²) >= 11 is 2.42. The van der Waals surface area contributed by atoms with E-state index in [1.54, 1.807) is 25.3 Å². The van der Waals surface area contributed by atoms with Gasteiger partial charge in [0.2, 0.25) is 5.13 Å². The predicted molar refractivity (Wildman–Crippen MR) is 104 cm³/mol. The second-order valence-electron chi connectivity index (χ2n) is 5.51. The van der Waals surface area contributed by atoms with Crippen molar-refractivity contribution in [1.82, 2.24) is 20.0 Å². The Bertz CT molecular complexity index is 987. The minimum absolute atomic E-state index is 0.0264. The number of carbonyl (C=O) groups is 2. The fourth-order valence-corrected chi connectivity index (χ4v) is 3.69. The smallest absolute Gasteiger partial charge is 0.281 e. The summed E-state index contributed by atoms with van der Waals surface area (Å²) in [5, 5.41) is 15.0. The molecule has 0 bridgehead atoms. The highest BCUT2D eigenvalue weighted by Gasteiger charge is 2.20. The Morgan fingerprint density at radius 3 is 2.71 bits per heavy atom. The van der Waals surface area contributed by atoms with Gasteiger partial charge >= 0.3 is 0 Å². The van der Waals surface area contributed by atoms with E-state index < -0.39 is 5.91 Å². The first kappa shape index (κ1) is 20.0. The molecule has 2 aromatic heterocycles. The quantitative estimate of drug-likeness (QED) is 0.440. The molecule has 28 heavy (non-hydrogen) atoms. The maximum absolute atomic E-state index is 13.1. The molecule has 0 aliphatic heterocycles. The number of hydrogen-bond acceptors (Lipinski definition) is 8. The average molecular weight is 421 g/mol. The number of hydrogen-bond donors (Lipinski definition) is 1. The summed E-state index contributed by atoms with van der Waals surface area (Å²) in [7, 11) is 0. The topological polar surface area (TPSA) is 99.0 Å². The number of Topliss-reactive ketones (excluding diaryl/α,β-unsaturated/α-hetero) is 1. The number of rotatable bonds is 8. The van der Waals surface area contributed by atoms with Crippen molar-refractivity contribution in [2.75, 3.05) is 17.7 Å². The van der Waals surface area contributed by atoms with Gasteiger partial charge in [-0.05, 0) is 38.1 Å². The molecule has 0 aliphatic carbocycles. The molecule has 3 rings (SSSR count). The van der Waals surface area contributed by atoms with Crippen molar-refractivity contribution in [1.29, 1.82) is 0 Å². The van der Waals surface area contributed by atoms with Crippen LogP contribution in [0.3, 0.4) is 0 Å². The third kappa shape index (κ3) is 4.93. The van der Waals surface area contributed by atoms with Crippen LogP contribution < -0.4 is 10.1 Å². The number of aromatic nitrogens is 4. The van der Waals surface area contributed by atoms with Crippen LogP contribution in [-0.4, -0.2) is 44.0 Å². The molecule has 2 heterocycles. The van der Waals surface area contributed by atoms with Crippen molar-refractivity contribution in [2.24, 2.45) is 0 Å². The molecule has 0 saturated heterocycles. The first-order chi connectivity index (χ1) is 13.5. The molecule has 11 heteroatoms. The molecule has 1 amide bonds. The number of amides is 1. The number of nitrogens with one attached hydrogen (secondary N) is 1. The SMILES string of the molecule is CCOc1cn(-c2ccc(F)cc2)nc1C(=O)Nc1nnc(SCC(C)=O)s1. The third-order valence-corrected chi connectivity index (χ3v) is 5.43. The zero-order valence-corrected chi connectivity index (χ0v) is 16.6. The van der Waals surface area contributed by atoms with Crippen LogP contribution in [0, 0.1) is 5.82 Å². The lowest BCUT2D eigenvalue weighted by atomic mass is 10.3. The minimum Gasteiger partial charge on any atom is -0.490 e. The van der Waals surface area contributed by atoms with Crippen molar-refractivity contribution in [3.63, 3.8) is 0 Å². The van der Waals surface area contributed by atoms with E-state index in [4.69, 9.17) is 4.74 Å². The largest absolute Gasteiger partial charge is 0.490 e. The molecule has 0 spiro atoms. The van der Waals surface area contributed by atoms with E-state index in [1.165, 1.54) is 35.5 Å². The number of ether oxygens (including phenoxy) is 1. The van der Waals surface area contributed by atoms with Gasteiger partial charge in [-0.25, -0.2) is 9.07 Å². The average Bonchev–Trinajstić information content (AvgIpc) is 3.28. The van der Waals surface area contributed by atoms with Crippen molar-refractivity contribution in [3.05, 3.63) is 42.0 Å². The fourth-order valence-electron chi connectivity index (χ4n) is 2.14. The lowest BCUT2D eigenvalue weighted by Gasteiger charge is -2.02. The highest BCUT2D eigenvalue weighted by molar-refractivity contribution is 8.01. The Balaban J connectivity index is 1.78. The predicted octanol–water partition coefficient (Wildman–Crippen LogP) is 3.20. The van der Waals surface area contributed by atoms with Gasteiger partial charge in [0.25, 0.3) is 5.91 Å². The van der Waals surface area contributed by atoms with E-state index in [0.717, 1.165) is 11.3 Å². The van der Waals surface area contributed by atoms with Gasteiger partial charge in [-0.15, -0.1) is 10.2 Å². The Labute approximate surface area is 168 Å². The minimum atomic E-state index is -0.511. The van der Waals surface area contributed by atoms with Crippen molar-refractivity contribution in [3.8, 4) is 11.4 Å². The van der Waals surface area contributed by atoms with Gasteiger partial charge in [0.1, 0.15) is 11.6 Å². The van der Waals surface area contributed by atoms with Gasteiger partial charge in [-0.3, -0.25) is 14.9 Å². The Hall–Kier alpha value is -2.79. The second kappa shape index (κ2) is 8.93. The van der Waals surface area contributed by atoms with Gasteiger partial charge < -0.3 is 4.74 Å². The number of thioether (sulfide) groups is 1. The summed E-state index contributed by atoms with van der Waals surface area (Å²) in [5.74, 6) is -0.269. The Morgan fingerprint density at radius 2 is 2.04 bits per heavy atom. The summed E-state index contributed by atoms with van der Waals surface area (Å²) in [6.07, 6.45) is 1.56. The lowest BCUT2D eigenvalue weighted by molar-refractivity contribution is -0.114. The van der Waals surface area contributed by atoms with E-state index in [-0.39, 0.29) is 22.4 Å². The molecule has 0 fully saturated rings. The molecule has 0 atom stereocenters. The first-order valence-corrected chi connectivity index (χ1v) is 10.0. The maximum atomic E-state index is 13.1. The van der Waals surface area contributed by atoms with Gasteiger partial charge in [0, 0.05) is 0 Å². The molecule has 1 aromatic carbocycles. The molecule has 0 saturated carbocycles. The van der Waals surface area contributed by atoms with Gasteiger partial charge in [0.15, 0.2) is 15.8 Å². The highest BCUT2D eigenvalue weighted by atomic mass is 32.2. The zero-order chi connectivity index (χ0) is 20.1. The number of anilines is 1. The Morgan fingerprint density at radius 1 is 1.29 bits per heavy atom. The first-order valence-electron chi connectivity index (χ1n) is 8.21. The highest BCUT2D eigenvalue weighted by Crippen LogP contribution is 2.27. The van der Waals surface area contributed by atoms with Gasteiger partial charge in [-0.2, -0.15) is 5.10 Å². The number of halogens is 1. The maximum Gasteiger partial charge on any atom is 0.281 e. The number of carbonyl (C=O) groups excluding carboxylic acids is 2. The molecule has 0 unspecified atom stereocenters. The van der Waals surface area contributed by atoms with E-state index in [1.807, 2.05) is 0 Å². The van der Waals surface area contributed by atoms with Gasteiger partial charge in [0.05, 0.1) is 24.2 Å². The summed E-state index contributed by atoms with van der Waals surface area (Å²) in [6.45, 7) is 3.63. The summed E-state index contributed by atoms with van der Waals surface area (Å²) in [6, 6.07) is 5.70. The van der Waals surface area contributed by atoms with Crippen LogP contribution in [0.2, 0.25) is 0 Å². The summed E-state index contributed by atoms with van der Waals surface area (Å²) in [5.41, 5.74) is 0.652. The molecule has 0 radical (unpaired) electrons. The van der Waals surface area contributed by atoms with Crippen LogP contribution in [0.4, 0.5) is 9.52 Å². The zero-order valence-electron chi connectivity index (χ0n) is 15.0. The van der Waals surface area contributed by atoms with Crippen LogP contribution in [0.1, 0.15) is 24.3 Å². The number of benzene rings is 1.